The van der Waals surface area contributed by atoms with Crippen molar-refractivity contribution in [2.24, 2.45) is 0 Å². The van der Waals surface area contributed by atoms with Crippen molar-refractivity contribution in [3.8, 4) is 0 Å². The molecule has 2 N–H and O–H groups in total. The molecule has 0 aliphatic heterocycles. The molecule has 0 bridgehead atoms. The summed E-state index contributed by atoms with van der Waals surface area (Å²) in [4.78, 5) is 10.9. The number of hydrogen-bond acceptors (Lipinski definition) is 3. The molecule has 0 aliphatic carbocycles. The Morgan fingerprint density at radius 3 is 2.57 bits per heavy atom. The van der Waals surface area contributed by atoms with E-state index in [0.717, 1.165) is 0 Å². The molecule has 7 heteroatoms. The van der Waals surface area contributed by atoms with Gasteiger partial charge < -0.3 is 10.6 Å². The Morgan fingerprint density at radius 1 is 1.43 bits per heavy atom. The van der Waals surface area contributed by atoms with Crippen LogP contribution < -0.4 is 10.6 Å². The maximum atomic E-state index is 11.6. The van der Waals surface area contributed by atoms with E-state index in [1.54, 1.807) is 0 Å². The number of halogens is 3. The van der Waals surface area contributed by atoms with Crippen LogP contribution in [0.1, 0.15) is 6.92 Å². The van der Waals surface area contributed by atoms with E-state index < -0.39 is 5.51 Å². The van der Waals surface area contributed by atoms with E-state index in [2.05, 4.69) is 10.6 Å². The van der Waals surface area contributed by atoms with E-state index in [1.165, 1.54) is 0 Å². The zero-order valence-electron chi connectivity index (χ0n) is 7.78. The molecular weight excluding hydrogens is 217 g/mol. The van der Waals surface area contributed by atoms with Gasteiger partial charge in [0.1, 0.15) is 0 Å². The van der Waals surface area contributed by atoms with Crippen LogP contribution >= 0.6 is 11.8 Å². The van der Waals surface area contributed by atoms with Gasteiger partial charge in [0.2, 0.25) is 5.91 Å². The first-order valence-electron chi connectivity index (χ1n) is 4.14. The van der Waals surface area contributed by atoms with E-state index in [9.17, 15) is 18.0 Å². The Bertz CT molecular complexity index is 175. The van der Waals surface area contributed by atoms with Gasteiger partial charge in [0.25, 0.3) is 0 Å². The number of alkyl halides is 3. The molecule has 0 saturated carbocycles. The maximum absolute atomic E-state index is 11.6. The fraction of sp³-hybridized carbons (Fsp3) is 0.857. The van der Waals surface area contributed by atoms with Gasteiger partial charge in [0.15, 0.2) is 0 Å². The summed E-state index contributed by atoms with van der Waals surface area (Å²) in [7, 11) is 0. The molecule has 0 aromatic rings. The quantitative estimate of drug-likeness (QED) is 0.668. The molecule has 0 spiro atoms. The molecule has 84 valence electrons. The maximum Gasteiger partial charge on any atom is 0.441 e. The summed E-state index contributed by atoms with van der Waals surface area (Å²) in [6, 6.07) is 0. The highest BCUT2D eigenvalue weighted by Gasteiger charge is 2.27. The van der Waals surface area contributed by atoms with Crippen LogP contribution in [0.15, 0.2) is 0 Å². The van der Waals surface area contributed by atoms with Crippen LogP contribution in [0, 0.1) is 0 Å². The summed E-state index contributed by atoms with van der Waals surface area (Å²) in [5, 5.41) is 5.13. The van der Waals surface area contributed by atoms with Crippen molar-refractivity contribution in [3.05, 3.63) is 0 Å². The van der Waals surface area contributed by atoms with Gasteiger partial charge in [-0.3, -0.25) is 4.79 Å². The van der Waals surface area contributed by atoms with Crippen LogP contribution in [0.2, 0.25) is 0 Å². The minimum absolute atomic E-state index is 0.0361. The summed E-state index contributed by atoms with van der Waals surface area (Å²) >= 11 is -0.136. The fourth-order valence-electron chi connectivity index (χ4n) is 0.658. The standard InChI is InChI=1S/C7H13F3N2OS/c1-2-11-5-6(13)12-3-4-14-7(8,9)10/h11H,2-5H2,1H3,(H,12,13). The van der Waals surface area contributed by atoms with E-state index >= 15 is 0 Å². The lowest BCUT2D eigenvalue weighted by Gasteiger charge is -2.07. The number of hydrogen-bond donors (Lipinski definition) is 2. The third-order valence-electron chi connectivity index (χ3n) is 1.23. The molecule has 14 heavy (non-hydrogen) atoms. The number of amides is 1. The van der Waals surface area contributed by atoms with Gasteiger partial charge in [0, 0.05) is 12.3 Å². The molecule has 0 rings (SSSR count). The predicted octanol–water partition coefficient (Wildman–Crippen LogP) is 0.965. The Morgan fingerprint density at radius 2 is 2.07 bits per heavy atom. The first kappa shape index (κ1) is 13.6. The molecule has 0 atom stereocenters. The zero-order chi connectivity index (χ0) is 11.0. The van der Waals surface area contributed by atoms with Gasteiger partial charge in [-0.1, -0.05) is 6.92 Å². The summed E-state index contributed by atoms with van der Waals surface area (Å²) in [6.45, 7) is 2.68. The average molecular weight is 230 g/mol. The van der Waals surface area contributed by atoms with E-state index in [1.807, 2.05) is 6.92 Å². The van der Waals surface area contributed by atoms with Gasteiger partial charge >= 0.3 is 5.51 Å². The Hall–Kier alpha value is -0.430. The van der Waals surface area contributed by atoms with Crippen molar-refractivity contribution in [1.82, 2.24) is 10.6 Å². The number of thioether (sulfide) groups is 1. The highest BCUT2D eigenvalue weighted by Crippen LogP contribution is 2.29. The Labute approximate surface area is 84.8 Å². The highest BCUT2D eigenvalue weighted by atomic mass is 32.2. The first-order chi connectivity index (χ1) is 6.45. The van der Waals surface area contributed by atoms with Crippen LogP contribution in [0.4, 0.5) is 13.2 Å². The summed E-state index contributed by atoms with van der Waals surface area (Å²) in [6.07, 6.45) is 0. The van der Waals surface area contributed by atoms with E-state index in [-0.39, 0.29) is 36.5 Å². The number of nitrogens with one attached hydrogen (secondary N) is 2. The zero-order valence-corrected chi connectivity index (χ0v) is 8.60. The van der Waals surface area contributed by atoms with Crippen molar-refractivity contribution < 1.29 is 18.0 Å². The normalized spacial score (nSPS) is 11.4. The topological polar surface area (TPSA) is 41.1 Å². The van der Waals surface area contributed by atoms with Crippen molar-refractivity contribution in [3.63, 3.8) is 0 Å². The number of carbonyl (C=O) groups excluding carboxylic acids is 1. The van der Waals surface area contributed by atoms with Crippen LogP contribution in [-0.2, 0) is 4.79 Å². The molecule has 0 aromatic carbocycles. The molecular formula is C7H13F3N2OS. The molecule has 0 aromatic heterocycles. The fourth-order valence-corrected chi connectivity index (χ4v) is 1.09. The minimum Gasteiger partial charge on any atom is -0.354 e. The number of rotatable bonds is 6. The molecule has 0 heterocycles. The summed E-state index contributed by atoms with van der Waals surface area (Å²) in [5.41, 5.74) is -4.22. The summed E-state index contributed by atoms with van der Waals surface area (Å²) in [5.74, 6) is -0.434. The minimum atomic E-state index is -4.22. The predicted molar refractivity (Wildman–Crippen MR) is 50.1 cm³/mol. The van der Waals surface area contributed by atoms with Gasteiger partial charge in [0.05, 0.1) is 6.54 Å². The molecule has 0 aliphatic rings. The third kappa shape index (κ3) is 9.66. The summed E-state index contributed by atoms with van der Waals surface area (Å²) < 4.78 is 34.9. The molecule has 1 amide bonds. The largest absolute Gasteiger partial charge is 0.441 e. The van der Waals surface area contributed by atoms with Crippen molar-refractivity contribution in [2.45, 2.75) is 12.4 Å². The molecule has 0 radical (unpaired) electrons. The molecule has 3 nitrogen and oxygen atoms in total. The Kier molecular flexibility index (Phi) is 6.73. The van der Waals surface area contributed by atoms with Crippen LogP contribution in [0.5, 0.6) is 0 Å². The van der Waals surface area contributed by atoms with Gasteiger partial charge in [-0.05, 0) is 18.3 Å². The second kappa shape index (κ2) is 6.94. The van der Waals surface area contributed by atoms with Gasteiger partial charge in [-0.2, -0.15) is 13.2 Å². The van der Waals surface area contributed by atoms with Crippen LogP contribution in [-0.4, -0.2) is 36.8 Å². The van der Waals surface area contributed by atoms with Crippen molar-refractivity contribution in [1.29, 1.82) is 0 Å². The van der Waals surface area contributed by atoms with E-state index in [0.29, 0.717) is 6.54 Å². The van der Waals surface area contributed by atoms with Crippen molar-refractivity contribution >= 4 is 17.7 Å². The van der Waals surface area contributed by atoms with E-state index in [4.69, 9.17) is 0 Å². The monoisotopic (exact) mass is 230 g/mol. The SMILES string of the molecule is CCNCC(=O)NCCSC(F)(F)F. The lowest BCUT2D eigenvalue weighted by molar-refractivity contribution is -0.120. The highest BCUT2D eigenvalue weighted by molar-refractivity contribution is 8.00. The second-order valence-electron chi connectivity index (χ2n) is 2.42. The number of likely N-dealkylation sites (N-methyl/N-ethyl adjacent to an activating group) is 1. The van der Waals surface area contributed by atoms with Gasteiger partial charge in [-0.15, -0.1) is 0 Å². The van der Waals surface area contributed by atoms with Crippen LogP contribution in [0.3, 0.4) is 0 Å². The first-order valence-corrected chi connectivity index (χ1v) is 5.12. The second-order valence-corrected chi connectivity index (χ2v) is 3.58. The van der Waals surface area contributed by atoms with Crippen molar-refractivity contribution in [2.75, 3.05) is 25.4 Å². The third-order valence-corrected chi connectivity index (χ3v) is 1.96. The lowest BCUT2D eigenvalue weighted by Crippen LogP contribution is -2.35. The molecule has 0 saturated heterocycles. The lowest BCUT2D eigenvalue weighted by atomic mass is 10.5. The number of carbonyl (C=O) groups is 1. The smallest absolute Gasteiger partial charge is 0.354 e. The molecule has 0 unspecified atom stereocenters. The average Bonchev–Trinajstić information content (AvgIpc) is 2.07. The van der Waals surface area contributed by atoms with Crippen LogP contribution in [0.25, 0.3) is 0 Å². The molecule has 0 fully saturated rings. The van der Waals surface area contributed by atoms with Gasteiger partial charge in [-0.25, -0.2) is 0 Å². The Balaban J connectivity index is 3.32.